The van der Waals surface area contributed by atoms with Crippen molar-refractivity contribution < 1.29 is 14.3 Å². The highest BCUT2D eigenvalue weighted by Gasteiger charge is 2.12. The van der Waals surface area contributed by atoms with Crippen LogP contribution in [0.2, 0.25) is 0 Å². The van der Waals surface area contributed by atoms with E-state index in [1.54, 1.807) is 13.8 Å². The van der Waals surface area contributed by atoms with Gasteiger partial charge in [0, 0.05) is 12.5 Å². The van der Waals surface area contributed by atoms with Crippen molar-refractivity contribution in [1.29, 1.82) is 0 Å². The van der Waals surface area contributed by atoms with Crippen LogP contribution in [0.15, 0.2) is 36.4 Å². The predicted molar refractivity (Wildman–Crippen MR) is 66.8 cm³/mol. The van der Waals surface area contributed by atoms with Crippen LogP contribution >= 0.6 is 0 Å². The van der Waals surface area contributed by atoms with Crippen LogP contribution in [0.1, 0.15) is 26.3 Å². The lowest BCUT2D eigenvalue weighted by Gasteiger charge is -2.17. The summed E-state index contributed by atoms with van der Waals surface area (Å²) < 4.78 is 10.6. The number of hydrogen-bond acceptors (Lipinski definition) is 3. The van der Waals surface area contributed by atoms with Crippen LogP contribution < -0.4 is 4.74 Å². The molecular weight excluding hydrogens is 216 g/mol. The molecule has 3 heteroatoms. The molecule has 1 aromatic carbocycles. The van der Waals surface area contributed by atoms with Crippen molar-refractivity contribution >= 4 is 5.97 Å². The largest absolute Gasteiger partial charge is 0.455 e. The van der Waals surface area contributed by atoms with E-state index in [0.717, 1.165) is 17.7 Å². The van der Waals surface area contributed by atoms with Crippen molar-refractivity contribution in [2.75, 3.05) is 0 Å². The highest BCUT2D eigenvalue weighted by molar-refractivity contribution is 5.87. The molecule has 1 atom stereocenters. The number of hydrogen-bond donors (Lipinski definition) is 0. The summed E-state index contributed by atoms with van der Waals surface area (Å²) in [4.78, 5) is 11.3. The van der Waals surface area contributed by atoms with E-state index in [1.807, 2.05) is 31.2 Å². The second-order valence-electron chi connectivity index (χ2n) is 3.83. The van der Waals surface area contributed by atoms with Crippen molar-refractivity contribution in [3.8, 4) is 5.75 Å². The molecule has 17 heavy (non-hydrogen) atoms. The molecule has 0 radical (unpaired) electrons. The first-order valence-electron chi connectivity index (χ1n) is 5.65. The zero-order valence-electron chi connectivity index (χ0n) is 10.5. The van der Waals surface area contributed by atoms with Crippen LogP contribution in [0.25, 0.3) is 0 Å². The molecule has 0 saturated carbocycles. The van der Waals surface area contributed by atoms with Gasteiger partial charge < -0.3 is 9.47 Å². The average molecular weight is 234 g/mol. The summed E-state index contributed by atoms with van der Waals surface area (Å²) in [6.45, 7) is 8.86. The molecule has 0 spiro atoms. The van der Waals surface area contributed by atoms with E-state index in [2.05, 4.69) is 6.58 Å². The van der Waals surface area contributed by atoms with Gasteiger partial charge in [0.1, 0.15) is 5.75 Å². The second-order valence-corrected chi connectivity index (χ2v) is 3.83. The van der Waals surface area contributed by atoms with E-state index in [-0.39, 0.29) is 0 Å². The molecule has 0 saturated heterocycles. The van der Waals surface area contributed by atoms with Crippen LogP contribution in [0.5, 0.6) is 5.75 Å². The molecule has 0 aliphatic rings. The van der Waals surface area contributed by atoms with Crippen LogP contribution in [-0.4, -0.2) is 12.3 Å². The fourth-order valence-electron chi connectivity index (χ4n) is 1.37. The van der Waals surface area contributed by atoms with Gasteiger partial charge in [0.2, 0.25) is 6.29 Å². The fraction of sp³-hybridized carbons (Fsp3) is 0.357. The molecule has 0 amide bonds. The number of rotatable bonds is 5. The highest BCUT2D eigenvalue weighted by atomic mass is 16.7. The number of ether oxygens (including phenoxy) is 2. The molecule has 0 heterocycles. The van der Waals surface area contributed by atoms with Crippen molar-refractivity contribution in [2.24, 2.45) is 0 Å². The zero-order valence-corrected chi connectivity index (χ0v) is 10.5. The second kappa shape index (κ2) is 6.09. The predicted octanol–water partition coefficient (Wildman–Crippen LogP) is 3.09. The molecule has 0 aliphatic heterocycles. The maximum Gasteiger partial charge on any atom is 0.336 e. The summed E-state index contributed by atoms with van der Waals surface area (Å²) in [5.41, 5.74) is 1.45. The summed E-state index contributed by atoms with van der Waals surface area (Å²) in [7, 11) is 0. The van der Waals surface area contributed by atoms with Gasteiger partial charge in [0.15, 0.2) is 0 Å². The molecule has 1 aromatic rings. The Hall–Kier alpha value is -1.77. The highest BCUT2D eigenvalue weighted by Crippen LogP contribution is 2.20. The summed E-state index contributed by atoms with van der Waals surface area (Å²) in [5, 5.41) is 0. The van der Waals surface area contributed by atoms with Crippen LogP contribution in [0.4, 0.5) is 0 Å². The third-order valence-electron chi connectivity index (χ3n) is 2.27. The van der Waals surface area contributed by atoms with Gasteiger partial charge in [-0.05, 0) is 25.0 Å². The molecule has 1 unspecified atom stereocenters. The van der Waals surface area contributed by atoms with Crippen LogP contribution in [0.3, 0.4) is 0 Å². The standard InChI is InChI=1S/C14H18O3/c1-5-12-8-6-7-9-13(12)16-11(4)17-14(15)10(2)3/h6-9,11H,2,5H2,1,3-4H3. The van der Waals surface area contributed by atoms with Crippen molar-refractivity contribution in [2.45, 2.75) is 33.5 Å². The monoisotopic (exact) mass is 234 g/mol. The maximum atomic E-state index is 11.3. The van der Waals surface area contributed by atoms with E-state index in [0.29, 0.717) is 5.57 Å². The van der Waals surface area contributed by atoms with E-state index in [9.17, 15) is 4.79 Å². The maximum absolute atomic E-state index is 11.3. The van der Waals surface area contributed by atoms with Gasteiger partial charge in [-0.3, -0.25) is 0 Å². The van der Waals surface area contributed by atoms with Gasteiger partial charge >= 0.3 is 5.97 Å². The Kier molecular flexibility index (Phi) is 4.76. The Labute approximate surface area is 102 Å². The number of carbonyl (C=O) groups excluding carboxylic acids is 1. The molecule has 92 valence electrons. The van der Waals surface area contributed by atoms with Gasteiger partial charge in [0.25, 0.3) is 0 Å². The lowest BCUT2D eigenvalue weighted by molar-refractivity contribution is -0.156. The van der Waals surface area contributed by atoms with Crippen molar-refractivity contribution in [3.63, 3.8) is 0 Å². The molecular formula is C14H18O3. The zero-order chi connectivity index (χ0) is 12.8. The number of esters is 1. The Balaban J connectivity index is 2.64. The van der Waals surface area contributed by atoms with E-state index >= 15 is 0 Å². The topological polar surface area (TPSA) is 35.5 Å². The Morgan fingerprint density at radius 1 is 1.41 bits per heavy atom. The molecule has 1 rings (SSSR count). The first kappa shape index (κ1) is 13.3. The van der Waals surface area contributed by atoms with Gasteiger partial charge in [-0.15, -0.1) is 0 Å². The Morgan fingerprint density at radius 3 is 2.65 bits per heavy atom. The van der Waals surface area contributed by atoms with Gasteiger partial charge in [-0.25, -0.2) is 4.79 Å². The Morgan fingerprint density at radius 2 is 2.06 bits per heavy atom. The van der Waals surface area contributed by atoms with E-state index < -0.39 is 12.3 Å². The van der Waals surface area contributed by atoms with Crippen molar-refractivity contribution in [3.05, 3.63) is 42.0 Å². The average Bonchev–Trinajstić information content (AvgIpc) is 2.29. The minimum absolute atomic E-state index is 0.365. The van der Waals surface area contributed by atoms with Crippen molar-refractivity contribution in [1.82, 2.24) is 0 Å². The SMILES string of the molecule is C=C(C)C(=O)OC(C)Oc1ccccc1CC. The normalized spacial score (nSPS) is 11.7. The number of benzene rings is 1. The van der Waals surface area contributed by atoms with Gasteiger partial charge in [-0.1, -0.05) is 31.7 Å². The summed E-state index contributed by atoms with van der Waals surface area (Å²) in [6, 6.07) is 7.70. The third kappa shape index (κ3) is 3.94. The van der Waals surface area contributed by atoms with Crippen LogP contribution in [0, 0.1) is 0 Å². The molecule has 0 bridgehead atoms. The fourth-order valence-corrected chi connectivity index (χ4v) is 1.37. The lowest BCUT2D eigenvalue weighted by atomic mass is 10.1. The molecule has 0 aliphatic carbocycles. The molecule has 3 nitrogen and oxygen atoms in total. The summed E-state index contributed by atoms with van der Waals surface area (Å²) >= 11 is 0. The quantitative estimate of drug-likeness (QED) is 0.446. The first-order valence-corrected chi connectivity index (χ1v) is 5.65. The van der Waals surface area contributed by atoms with Gasteiger partial charge in [-0.2, -0.15) is 0 Å². The van der Waals surface area contributed by atoms with Gasteiger partial charge in [0.05, 0.1) is 0 Å². The molecule has 0 N–H and O–H groups in total. The number of aryl methyl sites for hydroxylation is 1. The molecule has 0 aromatic heterocycles. The summed E-state index contributed by atoms with van der Waals surface area (Å²) in [5.74, 6) is 0.309. The van der Waals surface area contributed by atoms with E-state index in [4.69, 9.17) is 9.47 Å². The smallest absolute Gasteiger partial charge is 0.336 e. The van der Waals surface area contributed by atoms with Crippen LogP contribution in [-0.2, 0) is 16.0 Å². The minimum Gasteiger partial charge on any atom is -0.455 e. The minimum atomic E-state index is -0.619. The van der Waals surface area contributed by atoms with E-state index in [1.165, 1.54) is 0 Å². The first-order chi connectivity index (χ1) is 8.04. The lowest BCUT2D eigenvalue weighted by Crippen LogP contribution is -2.21. The number of para-hydroxylation sites is 1. The summed E-state index contributed by atoms with van der Waals surface area (Å²) in [6.07, 6.45) is 0.254. The Bertz CT molecular complexity index is 410. The third-order valence-corrected chi connectivity index (χ3v) is 2.27. The molecule has 0 fully saturated rings. The number of carbonyl (C=O) groups is 1.